The number of rotatable bonds is 7. The largest absolute Gasteiger partial charge is 0.481 e. The third-order valence-corrected chi connectivity index (χ3v) is 5.33. The number of imidazole rings is 1. The molecule has 3 rings (SSSR count). The molecule has 0 saturated carbocycles. The molecule has 7 heteroatoms. The maximum Gasteiger partial charge on any atom is 0.306 e. The number of benzene rings is 1. The van der Waals surface area contributed by atoms with E-state index in [0.29, 0.717) is 18.8 Å². The molecule has 0 spiro atoms. The summed E-state index contributed by atoms with van der Waals surface area (Å²) in [5.41, 5.74) is 10.6. The van der Waals surface area contributed by atoms with Crippen molar-refractivity contribution in [3.63, 3.8) is 0 Å². The minimum absolute atomic E-state index is 0. The number of carboxylic acid groups (broad SMARTS) is 1. The SMILES string of the molecule is CC(C)C(N)CC[C@@H](Cc1ncn2c1CCc1ccccc1-2)C(=O)O.Cl.Cl. The Bertz CT molecular complexity index is 761. The molecule has 1 unspecified atom stereocenters. The van der Waals surface area contributed by atoms with Crippen molar-refractivity contribution in [2.24, 2.45) is 17.6 Å². The molecule has 0 bridgehead atoms. The highest BCUT2D eigenvalue weighted by Gasteiger charge is 2.25. The van der Waals surface area contributed by atoms with Gasteiger partial charge in [0.15, 0.2) is 0 Å². The van der Waals surface area contributed by atoms with Gasteiger partial charge in [-0.25, -0.2) is 4.98 Å². The molecule has 5 nitrogen and oxygen atoms in total. The molecule has 1 aliphatic rings. The molecule has 1 aliphatic heterocycles. The third-order valence-electron chi connectivity index (χ3n) is 5.33. The molecule has 2 atom stereocenters. The van der Waals surface area contributed by atoms with Crippen molar-refractivity contribution in [1.29, 1.82) is 0 Å². The van der Waals surface area contributed by atoms with Gasteiger partial charge in [0.2, 0.25) is 0 Å². The number of fused-ring (bicyclic) bond motifs is 3. The van der Waals surface area contributed by atoms with Crippen LogP contribution in [0.4, 0.5) is 0 Å². The average molecular weight is 414 g/mol. The summed E-state index contributed by atoms with van der Waals surface area (Å²) in [5.74, 6) is -0.818. The van der Waals surface area contributed by atoms with E-state index < -0.39 is 11.9 Å². The molecule has 2 heterocycles. The fourth-order valence-corrected chi connectivity index (χ4v) is 3.54. The van der Waals surface area contributed by atoms with Gasteiger partial charge in [-0.2, -0.15) is 0 Å². The van der Waals surface area contributed by atoms with E-state index in [0.717, 1.165) is 36.3 Å². The first-order valence-corrected chi connectivity index (χ1v) is 9.09. The van der Waals surface area contributed by atoms with Gasteiger partial charge in [0.1, 0.15) is 0 Å². The van der Waals surface area contributed by atoms with Crippen LogP contribution in [-0.2, 0) is 24.1 Å². The molecule has 150 valence electrons. The van der Waals surface area contributed by atoms with Gasteiger partial charge in [-0.05, 0) is 43.2 Å². The molecule has 3 N–H and O–H groups in total. The summed E-state index contributed by atoms with van der Waals surface area (Å²) in [5, 5.41) is 9.61. The summed E-state index contributed by atoms with van der Waals surface area (Å²) in [6, 6.07) is 8.37. The Morgan fingerprint density at radius 3 is 2.59 bits per heavy atom. The van der Waals surface area contributed by atoms with Crippen LogP contribution in [0.15, 0.2) is 30.6 Å². The lowest BCUT2D eigenvalue weighted by atomic mass is 9.90. The Labute approximate surface area is 173 Å². The Morgan fingerprint density at radius 1 is 1.22 bits per heavy atom. The van der Waals surface area contributed by atoms with Crippen LogP contribution in [0.2, 0.25) is 0 Å². The van der Waals surface area contributed by atoms with E-state index in [-0.39, 0.29) is 30.9 Å². The molecule has 0 saturated heterocycles. The highest BCUT2D eigenvalue weighted by Crippen LogP contribution is 2.28. The summed E-state index contributed by atoms with van der Waals surface area (Å²) >= 11 is 0. The average Bonchev–Trinajstić information content (AvgIpc) is 3.01. The highest BCUT2D eigenvalue weighted by atomic mass is 35.5. The second kappa shape index (κ2) is 10.1. The fourth-order valence-electron chi connectivity index (χ4n) is 3.54. The number of aliphatic carboxylic acids is 1. The topological polar surface area (TPSA) is 81.1 Å². The van der Waals surface area contributed by atoms with Crippen LogP contribution in [0.5, 0.6) is 0 Å². The maximum atomic E-state index is 11.7. The van der Waals surface area contributed by atoms with E-state index in [9.17, 15) is 9.90 Å². The number of nitrogens with zero attached hydrogens (tertiary/aromatic N) is 2. The lowest BCUT2D eigenvalue weighted by Gasteiger charge is -2.21. The first-order valence-electron chi connectivity index (χ1n) is 9.09. The lowest BCUT2D eigenvalue weighted by molar-refractivity contribution is -0.142. The van der Waals surface area contributed by atoms with E-state index in [2.05, 4.69) is 41.6 Å². The Balaban J connectivity index is 0.00000182. The Morgan fingerprint density at radius 2 is 1.93 bits per heavy atom. The van der Waals surface area contributed by atoms with Crippen molar-refractivity contribution in [3.05, 3.63) is 47.5 Å². The predicted molar refractivity (Wildman–Crippen MR) is 112 cm³/mol. The zero-order valence-corrected chi connectivity index (χ0v) is 17.4. The summed E-state index contributed by atoms with van der Waals surface area (Å²) in [6.45, 7) is 4.15. The van der Waals surface area contributed by atoms with Gasteiger partial charge in [-0.15, -0.1) is 24.8 Å². The van der Waals surface area contributed by atoms with Crippen molar-refractivity contribution in [2.45, 2.75) is 52.0 Å². The summed E-state index contributed by atoms with van der Waals surface area (Å²) in [4.78, 5) is 16.2. The van der Waals surface area contributed by atoms with Gasteiger partial charge in [-0.1, -0.05) is 32.0 Å². The van der Waals surface area contributed by atoms with Gasteiger partial charge in [0.25, 0.3) is 0 Å². The molecule has 0 amide bonds. The molecule has 0 aliphatic carbocycles. The van der Waals surface area contributed by atoms with E-state index >= 15 is 0 Å². The monoisotopic (exact) mass is 413 g/mol. The smallest absolute Gasteiger partial charge is 0.306 e. The van der Waals surface area contributed by atoms with Crippen molar-refractivity contribution >= 4 is 30.8 Å². The van der Waals surface area contributed by atoms with Gasteiger partial charge < -0.3 is 15.4 Å². The van der Waals surface area contributed by atoms with Gasteiger partial charge >= 0.3 is 5.97 Å². The normalized spacial score (nSPS) is 14.4. The third kappa shape index (κ3) is 5.24. The van der Waals surface area contributed by atoms with Crippen LogP contribution in [-0.4, -0.2) is 26.7 Å². The number of nitrogens with two attached hydrogens (primary N) is 1. The summed E-state index contributed by atoms with van der Waals surface area (Å²) in [6.07, 6.45) is 5.52. The van der Waals surface area contributed by atoms with Crippen LogP contribution in [0.1, 0.15) is 43.6 Å². The number of carbonyl (C=O) groups is 1. The second-order valence-electron chi connectivity index (χ2n) is 7.36. The van der Waals surface area contributed by atoms with Crippen molar-refractivity contribution in [1.82, 2.24) is 9.55 Å². The van der Waals surface area contributed by atoms with E-state index in [1.807, 2.05) is 12.4 Å². The number of para-hydroxylation sites is 1. The maximum absolute atomic E-state index is 11.7. The molecular formula is C20H29Cl2N3O2. The zero-order valence-electron chi connectivity index (χ0n) is 15.8. The van der Waals surface area contributed by atoms with E-state index in [1.54, 1.807) is 0 Å². The van der Waals surface area contributed by atoms with Crippen molar-refractivity contribution in [3.8, 4) is 5.69 Å². The lowest BCUT2D eigenvalue weighted by Crippen LogP contribution is -2.28. The van der Waals surface area contributed by atoms with Gasteiger partial charge in [0.05, 0.1) is 17.9 Å². The molecule has 27 heavy (non-hydrogen) atoms. The van der Waals surface area contributed by atoms with Crippen molar-refractivity contribution in [2.75, 3.05) is 0 Å². The van der Waals surface area contributed by atoms with Gasteiger partial charge in [-0.3, -0.25) is 4.79 Å². The predicted octanol–water partition coefficient (Wildman–Crippen LogP) is 3.82. The van der Waals surface area contributed by atoms with E-state index in [1.165, 1.54) is 5.56 Å². The Hall–Kier alpha value is -1.56. The highest BCUT2D eigenvalue weighted by molar-refractivity contribution is 5.85. The number of hydrogen-bond donors (Lipinski definition) is 2. The molecule has 0 fully saturated rings. The molecule has 1 aromatic heterocycles. The second-order valence-corrected chi connectivity index (χ2v) is 7.36. The zero-order chi connectivity index (χ0) is 18.0. The van der Waals surface area contributed by atoms with Crippen LogP contribution < -0.4 is 5.73 Å². The standard InChI is InChI=1S/C20H27N3O2.2ClH/c1-13(2)16(21)9-7-15(20(24)25)11-17-19-10-8-14-5-3-4-6-18(14)23(19)12-22-17;;/h3-6,12-13,15-16H,7-11,21H2,1-2H3,(H,24,25);2*1H/t15-,16?;;/m0../s1. The summed E-state index contributed by atoms with van der Waals surface area (Å²) < 4.78 is 2.12. The number of halogens is 2. The van der Waals surface area contributed by atoms with Crippen LogP contribution >= 0.6 is 24.8 Å². The first kappa shape index (κ1) is 23.5. The number of carboxylic acids is 1. The minimum atomic E-state index is -0.756. The molecular weight excluding hydrogens is 385 g/mol. The van der Waals surface area contributed by atoms with Crippen molar-refractivity contribution < 1.29 is 9.90 Å². The molecule has 0 radical (unpaired) electrons. The number of aryl methyl sites for hydroxylation is 1. The molecule has 2 aromatic rings. The fraction of sp³-hybridized carbons (Fsp3) is 0.500. The number of hydrogen-bond acceptors (Lipinski definition) is 3. The quantitative estimate of drug-likeness (QED) is 0.722. The minimum Gasteiger partial charge on any atom is -0.481 e. The first-order chi connectivity index (χ1) is 12.0. The van der Waals surface area contributed by atoms with Crippen LogP contribution in [0.25, 0.3) is 5.69 Å². The Kier molecular flexibility index (Phi) is 8.79. The van der Waals surface area contributed by atoms with Gasteiger partial charge in [0, 0.05) is 23.8 Å². The number of aromatic nitrogens is 2. The van der Waals surface area contributed by atoms with E-state index in [4.69, 9.17) is 5.73 Å². The van der Waals surface area contributed by atoms with Crippen LogP contribution in [0.3, 0.4) is 0 Å². The molecule has 1 aromatic carbocycles. The van der Waals surface area contributed by atoms with Crippen LogP contribution in [0, 0.1) is 11.8 Å². The summed E-state index contributed by atoms with van der Waals surface area (Å²) in [7, 11) is 0.